The lowest BCUT2D eigenvalue weighted by Crippen LogP contribution is -2.25. The summed E-state index contributed by atoms with van der Waals surface area (Å²) in [5, 5.41) is 8.73. The van der Waals surface area contributed by atoms with Crippen LogP contribution < -0.4 is 20.3 Å². The summed E-state index contributed by atoms with van der Waals surface area (Å²) in [6.07, 6.45) is 0.994. The van der Waals surface area contributed by atoms with E-state index in [0.717, 1.165) is 29.0 Å². The molecule has 1 amide bonds. The minimum Gasteiger partial charge on any atom is -0.494 e. The van der Waals surface area contributed by atoms with Crippen molar-refractivity contribution in [2.45, 2.75) is 32.9 Å². The fourth-order valence-electron chi connectivity index (χ4n) is 2.65. The van der Waals surface area contributed by atoms with E-state index in [-0.39, 0.29) is 29.8 Å². The van der Waals surface area contributed by atoms with Gasteiger partial charge in [0.2, 0.25) is 0 Å². The Morgan fingerprint density at radius 1 is 1.46 bits per heavy atom. The lowest BCUT2D eigenvalue weighted by molar-refractivity contribution is 0.0944. The number of hydrogen-bond donors (Lipinski definition) is 2. The van der Waals surface area contributed by atoms with E-state index in [1.165, 1.54) is 12.1 Å². The Balaban J connectivity index is 1.76. The zero-order valence-electron chi connectivity index (χ0n) is 13.6. The zero-order valence-corrected chi connectivity index (χ0v) is 13.6. The Kier molecular flexibility index (Phi) is 4.50. The standard InChI is InChI=1S/C17H19N3O4/c1-3-23-14-7-11-6-10(2)24-15(11)8-12(14)9-18-17(22)13-4-5-16(21)20-19-13/h4-5,7-8,10H,3,6,9H2,1-2H3,(H,18,22)(H,20,21)/t10-/m0/s1. The first kappa shape index (κ1) is 16.0. The van der Waals surface area contributed by atoms with Crippen LogP contribution in [0.1, 0.15) is 35.5 Å². The molecule has 7 heteroatoms. The van der Waals surface area contributed by atoms with Crippen LogP contribution in [0.5, 0.6) is 11.5 Å². The van der Waals surface area contributed by atoms with Crippen LogP contribution in [0.25, 0.3) is 0 Å². The topological polar surface area (TPSA) is 93.3 Å². The molecule has 24 heavy (non-hydrogen) atoms. The lowest BCUT2D eigenvalue weighted by Gasteiger charge is -2.13. The van der Waals surface area contributed by atoms with Crippen molar-refractivity contribution in [2.75, 3.05) is 6.61 Å². The lowest BCUT2D eigenvalue weighted by atomic mass is 10.1. The normalized spacial score (nSPS) is 15.5. The predicted molar refractivity (Wildman–Crippen MR) is 87.4 cm³/mol. The Labute approximate surface area is 139 Å². The highest BCUT2D eigenvalue weighted by Gasteiger charge is 2.22. The summed E-state index contributed by atoms with van der Waals surface area (Å²) in [6.45, 7) is 4.75. The average Bonchev–Trinajstić information content (AvgIpc) is 2.92. The molecule has 126 valence electrons. The Hall–Kier alpha value is -2.83. The molecule has 0 unspecified atom stereocenters. The van der Waals surface area contributed by atoms with E-state index in [1.54, 1.807) is 0 Å². The van der Waals surface area contributed by atoms with Crippen molar-refractivity contribution in [3.05, 3.63) is 51.4 Å². The Morgan fingerprint density at radius 2 is 2.29 bits per heavy atom. The summed E-state index contributed by atoms with van der Waals surface area (Å²) in [6, 6.07) is 6.52. The predicted octanol–water partition coefficient (Wildman–Crippen LogP) is 1.42. The van der Waals surface area contributed by atoms with Crippen LogP contribution in [0.3, 0.4) is 0 Å². The summed E-state index contributed by atoms with van der Waals surface area (Å²) >= 11 is 0. The third kappa shape index (κ3) is 3.40. The van der Waals surface area contributed by atoms with Crippen molar-refractivity contribution in [3.63, 3.8) is 0 Å². The van der Waals surface area contributed by atoms with Gasteiger partial charge >= 0.3 is 0 Å². The van der Waals surface area contributed by atoms with Gasteiger partial charge in [-0.2, -0.15) is 5.10 Å². The van der Waals surface area contributed by atoms with E-state index < -0.39 is 0 Å². The third-order valence-electron chi connectivity index (χ3n) is 3.73. The number of hydrogen-bond acceptors (Lipinski definition) is 5. The van der Waals surface area contributed by atoms with E-state index in [1.807, 2.05) is 26.0 Å². The minimum atomic E-state index is -0.372. The number of nitrogens with one attached hydrogen (secondary N) is 2. The van der Waals surface area contributed by atoms with Crippen LogP contribution in [-0.4, -0.2) is 28.8 Å². The van der Waals surface area contributed by atoms with Gasteiger partial charge in [0, 0.05) is 30.2 Å². The molecule has 2 heterocycles. The molecule has 1 aliphatic rings. The second kappa shape index (κ2) is 6.74. The van der Waals surface area contributed by atoms with Gasteiger partial charge < -0.3 is 14.8 Å². The van der Waals surface area contributed by atoms with Crippen molar-refractivity contribution >= 4 is 5.91 Å². The molecule has 0 fully saturated rings. The van der Waals surface area contributed by atoms with Crippen molar-refractivity contribution < 1.29 is 14.3 Å². The fourth-order valence-corrected chi connectivity index (χ4v) is 2.65. The molecule has 1 atom stereocenters. The van der Waals surface area contributed by atoms with Crippen molar-refractivity contribution in [2.24, 2.45) is 0 Å². The van der Waals surface area contributed by atoms with E-state index in [0.29, 0.717) is 6.61 Å². The summed E-state index contributed by atoms with van der Waals surface area (Å²) in [5.74, 6) is 1.20. The second-order valence-corrected chi connectivity index (χ2v) is 5.62. The maximum Gasteiger partial charge on any atom is 0.271 e. The van der Waals surface area contributed by atoms with Crippen LogP contribution >= 0.6 is 0 Å². The van der Waals surface area contributed by atoms with E-state index in [9.17, 15) is 9.59 Å². The molecule has 1 aromatic carbocycles. The summed E-state index contributed by atoms with van der Waals surface area (Å²) < 4.78 is 11.4. The monoisotopic (exact) mass is 329 g/mol. The van der Waals surface area contributed by atoms with Crippen LogP contribution in [0.2, 0.25) is 0 Å². The smallest absolute Gasteiger partial charge is 0.271 e. The molecule has 0 spiro atoms. The molecule has 0 aliphatic carbocycles. The molecule has 0 saturated carbocycles. The van der Waals surface area contributed by atoms with Crippen molar-refractivity contribution in [3.8, 4) is 11.5 Å². The largest absolute Gasteiger partial charge is 0.494 e. The molecule has 1 aromatic heterocycles. The molecular formula is C17H19N3O4. The number of aromatic amines is 1. The molecule has 0 saturated heterocycles. The molecule has 3 rings (SSSR count). The van der Waals surface area contributed by atoms with Gasteiger partial charge in [-0.25, -0.2) is 5.10 Å². The summed E-state index contributed by atoms with van der Waals surface area (Å²) in [5.41, 5.74) is 1.75. The number of nitrogens with zero attached hydrogens (tertiary/aromatic N) is 1. The first-order valence-corrected chi connectivity index (χ1v) is 7.86. The van der Waals surface area contributed by atoms with Gasteiger partial charge in [0.05, 0.1) is 6.61 Å². The van der Waals surface area contributed by atoms with Crippen LogP contribution in [0.4, 0.5) is 0 Å². The van der Waals surface area contributed by atoms with Gasteiger partial charge in [0.15, 0.2) is 0 Å². The number of ether oxygens (including phenoxy) is 2. The fraction of sp³-hybridized carbons (Fsp3) is 0.353. The van der Waals surface area contributed by atoms with Crippen molar-refractivity contribution in [1.29, 1.82) is 0 Å². The number of carbonyl (C=O) groups excluding carboxylic acids is 1. The second-order valence-electron chi connectivity index (χ2n) is 5.62. The van der Waals surface area contributed by atoms with Gasteiger partial charge in [-0.15, -0.1) is 0 Å². The number of benzene rings is 1. The number of H-pyrrole nitrogens is 1. The number of carbonyl (C=O) groups is 1. The number of rotatable bonds is 5. The van der Waals surface area contributed by atoms with Gasteiger partial charge in [-0.3, -0.25) is 9.59 Å². The highest BCUT2D eigenvalue weighted by atomic mass is 16.5. The quantitative estimate of drug-likeness (QED) is 0.865. The molecule has 0 bridgehead atoms. The Bertz CT molecular complexity index is 795. The van der Waals surface area contributed by atoms with E-state index >= 15 is 0 Å². The molecule has 2 N–H and O–H groups in total. The number of aromatic nitrogens is 2. The van der Waals surface area contributed by atoms with Gasteiger partial charge in [0.1, 0.15) is 23.3 Å². The van der Waals surface area contributed by atoms with Gasteiger partial charge in [-0.05, 0) is 32.0 Å². The minimum absolute atomic E-state index is 0.143. The molecule has 7 nitrogen and oxygen atoms in total. The molecule has 1 aliphatic heterocycles. The SMILES string of the molecule is CCOc1cc2c(cc1CNC(=O)c1ccc(=O)[nH]n1)O[C@@H](C)C2. The van der Waals surface area contributed by atoms with Gasteiger partial charge in [-0.1, -0.05) is 0 Å². The molecule has 2 aromatic rings. The highest BCUT2D eigenvalue weighted by Crippen LogP contribution is 2.35. The third-order valence-corrected chi connectivity index (χ3v) is 3.73. The summed E-state index contributed by atoms with van der Waals surface area (Å²) in [7, 11) is 0. The maximum absolute atomic E-state index is 12.1. The first-order valence-electron chi connectivity index (χ1n) is 7.86. The van der Waals surface area contributed by atoms with Crippen LogP contribution in [-0.2, 0) is 13.0 Å². The highest BCUT2D eigenvalue weighted by molar-refractivity contribution is 5.91. The maximum atomic E-state index is 12.1. The van der Waals surface area contributed by atoms with Gasteiger partial charge in [0.25, 0.3) is 11.5 Å². The number of amides is 1. The van der Waals surface area contributed by atoms with E-state index in [4.69, 9.17) is 9.47 Å². The summed E-state index contributed by atoms with van der Waals surface area (Å²) in [4.78, 5) is 23.1. The van der Waals surface area contributed by atoms with Crippen LogP contribution in [0, 0.1) is 0 Å². The Morgan fingerprint density at radius 3 is 3.00 bits per heavy atom. The van der Waals surface area contributed by atoms with Crippen molar-refractivity contribution in [1.82, 2.24) is 15.5 Å². The number of fused-ring (bicyclic) bond motifs is 1. The first-order chi connectivity index (χ1) is 11.6. The average molecular weight is 329 g/mol. The molecular weight excluding hydrogens is 310 g/mol. The molecule has 0 radical (unpaired) electrons. The van der Waals surface area contributed by atoms with E-state index in [2.05, 4.69) is 15.5 Å². The van der Waals surface area contributed by atoms with Crippen LogP contribution in [0.15, 0.2) is 29.1 Å². The zero-order chi connectivity index (χ0) is 17.1.